The van der Waals surface area contributed by atoms with Crippen molar-refractivity contribution in [3.8, 4) is 0 Å². The first-order chi connectivity index (χ1) is 8.06. The Bertz CT molecular complexity index is 380. The molecule has 0 saturated heterocycles. The van der Waals surface area contributed by atoms with Crippen molar-refractivity contribution >= 4 is 23.2 Å². The van der Waals surface area contributed by atoms with Crippen molar-refractivity contribution in [3.05, 3.63) is 22.4 Å². The van der Waals surface area contributed by atoms with Crippen molar-refractivity contribution in [2.24, 2.45) is 5.73 Å². The molecule has 0 aliphatic heterocycles. The van der Waals surface area contributed by atoms with Crippen molar-refractivity contribution in [1.82, 2.24) is 5.32 Å². The van der Waals surface area contributed by atoms with Crippen LogP contribution in [0.2, 0.25) is 0 Å². The molecule has 1 amide bonds. The largest absolute Gasteiger partial charge is 0.480 e. The number of nitrogens with one attached hydrogen (secondary N) is 1. The molecule has 17 heavy (non-hydrogen) atoms. The monoisotopic (exact) mass is 258 g/mol. The summed E-state index contributed by atoms with van der Waals surface area (Å²) in [4.78, 5) is 23.2. The van der Waals surface area contributed by atoms with Gasteiger partial charge in [0.1, 0.15) is 6.04 Å². The van der Waals surface area contributed by atoms with Gasteiger partial charge in [0, 0.05) is 12.0 Å². The first-order valence-electron chi connectivity index (χ1n) is 4.87. The predicted octanol–water partition coefficient (Wildman–Crippen LogP) is -0.0363. The molecule has 0 aliphatic carbocycles. The zero-order chi connectivity index (χ0) is 12.8. The second-order valence-corrected chi connectivity index (χ2v) is 4.33. The van der Waals surface area contributed by atoms with Gasteiger partial charge in [-0.1, -0.05) is 6.07 Å². The lowest BCUT2D eigenvalue weighted by Gasteiger charge is -2.16. The van der Waals surface area contributed by atoms with Gasteiger partial charge in [-0.15, -0.1) is 11.3 Å². The molecule has 7 heteroatoms. The summed E-state index contributed by atoms with van der Waals surface area (Å²) in [6, 6.07) is 1.56. The van der Waals surface area contributed by atoms with E-state index in [1.165, 1.54) is 18.4 Å². The van der Waals surface area contributed by atoms with E-state index >= 15 is 0 Å². The number of carbonyl (C=O) groups excluding carboxylic acids is 1. The Labute approximate surface area is 102 Å². The fraction of sp³-hybridized carbons (Fsp3) is 0.400. The lowest BCUT2D eigenvalue weighted by molar-refractivity contribution is -0.143. The molecule has 0 saturated carbocycles. The maximum absolute atomic E-state index is 11.7. The van der Waals surface area contributed by atoms with E-state index in [1.54, 1.807) is 17.5 Å². The number of ether oxygens (including phenoxy) is 1. The highest BCUT2D eigenvalue weighted by Gasteiger charge is 2.24. The van der Waals surface area contributed by atoms with Gasteiger partial charge in [0.2, 0.25) is 5.91 Å². The molecule has 4 N–H and O–H groups in total. The highest BCUT2D eigenvalue weighted by atomic mass is 32.1. The quantitative estimate of drug-likeness (QED) is 0.664. The SMILES string of the molecule is COCC(NC(=O)C(N)c1cccs1)C(=O)O. The topological polar surface area (TPSA) is 102 Å². The summed E-state index contributed by atoms with van der Waals surface area (Å²) in [6.07, 6.45) is 0. The number of amides is 1. The summed E-state index contributed by atoms with van der Waals surface area (Å²) < 4.78 is 4.70. The van der Waals surface area contributed by atoms with Gasteiger partial charge in [0.25, 0.3) is 0 Å². The summed E-state index contributed by atoms with van der Waals surface area (Å²) in [5, 5.41) is 13.0. The second-order valence-electron chi connectivity index (χ2n) is 3.35. The number of aliphatic carboxylic acids is 1. The average Bonchev–Trinajstić information content (AvgIpc) is 2.80. The van der Waals surface area contributed by atoms with Gasteiger partial charge in [0.05, 0.1) is 6.61 Å². The minimum atomic E-state index is -1.15. The zero-order valence-corrected chi connectivity index (χ0v) is 10.1. The third-order valence-corrected chi connectivity index (χ3v) is 3.04. The Kier molecular flexibility index (Phi) is 5.08. The van der Waals surface area contributed by atoms with E-state index in [9.17, 15) is 9.59 Å². The lowest BCUT2D eigenvalue weighted by Crippen LogP contribution is -2.47. The fourth-order valence-electron chi connectivity index (χ4n) is 1.20. The van der Waals surface area contributed by atoms with Crippen LogP contribution >= 0.6 is 11.3 Å². The summed E-state index contributed by atoms with van der Waals surface area (Å²) in [7, 11) is 1.36. The maximum Gasteiger partial charge on any atom is 0.328 e. The molecular formula is C10H14N2O4S. The molecular weight excluding hydrogens is 244 g/mol. The number of thiophene rings is 1. The third kappa shape index (κ3) is 3.81. The van der Waals surface area contributed by atoms with Crippen LogP contribution in [0.4, 0.5) is 0 Å². The van der Waals surface area contributed by atoms with E-state index in [0.717, 1.165) is 0 Å². The van der Waals surface area contributed by atoms with Crippen molar-refractivity contribution in [2.45, 2.75) is 12.1 Å². The van der Waals surface area contributed by atoms with Crippen LogP contribution in [0, 0.1) is 0 Å². The zero-order valence-electron chi connectivity index (χ0n) is 9.25. The van der Waals surface area contributed by atoms with Gasteiger partial charge in [-0.05, 0) is 11.4 Å². The van der Waals surface area contributed by atoms with Crippen LogP contribution in [-0.2, 0) is 14.3 Å². The Hall–Kier alpha value is -1.44. The minimum Gasteiger partial charge on any atom is -0.480 e. The molecule has 1 aromatic heterocycles. The summed E-state index contributed by atoms with van der Waals surface area (Å²) >= 11 is 1.34. The van der Waals surface area contributed by atoms with E-state index in [-0.39, 0.29) is 6.61 Å². The molecule has 2 unspecified atom stereocenters. The Balaban J connectivity index is 2.61. The number of carbonyl (C=O) groups is 2. The first kappa shape index (κ1) is 13.6. The number of hydrogen-bond donors (Lipinski definition) is 3. The van der Waals surface area contributed by atoms with E-state index in [4.69, 9.17) is 15.6 Å². The molecule has 0 radical (unpaired) electrons. The van der Waals surface area contributed by atoms with Gasteiger partial charge in [-0.25, -0.2) is 4.79 Å². The van der Waals surface area contributed by atoms with E-state index < -0.39 is 24.0 Å². The molecule has 0 fully saturated rings. The molecule has 1 heterocycles. The predicted molar refractivity (Wildman–Crippen MR) is 62.7 cm³/mol. The maximum atomic E-state index is 11.7. The van der Waals surface area contributed by atoms with E-state index in [2.05, 4.69) is 5.32 Å². The molecule has 94 valence electrons. The summed E-state index contributed by atoms with van der Waals surface area (Å²) in [5.41, 5.74) is 5.69. The van der Waals surface area contributed by atoms with E-state index in [1.807, 2.05) is 0 Å². The van der Waals surface area contributed by atoms with Gasteiger partial charge >= 0.3 is 5.97 Å². The van der Waals surface area contributed by atoms with Crippen molar-refractivity contribution in [3.63, 3.8) is 0 Å². The average molecular weight is 258 g/mol. The Morgan fingerprint density at radius 1 is 1.65 bits per heavy atom. The Morgan fingerprint density at radius 2 is 2.35 bits per heavy atom. The van der Waals surface area contributed by atoms with Crippen LogP contribution in [0.5, 0.6) is 0 Å². The van der Waals surface area contributed by atoms with Crippen LogP contribution in [0.1, 0.15) is 10.9 Å². The standard InChI is InChI=1S/C10H14N2O4S/c1-16-5-6(10(14)15)12-9(13)8(11)7-3-2-4-17-7/h2-4,6,8H,5,11H2,1H3,(H,12,13)(H,14,15). The van der Waals surface area contributed by atoms with Gasteiger partial charge in [-0.3, -0.25) is 4.79 Å². The number of methoxy groups -OCH3 is 1. The number of hydrogen-bond acceptors (Lipinski definition) is 5. The molecule has 6 nitrogen and oxygen atoms in total. The molecule has 0 spiro atoms. The van der Waals surface area contributed by atoms with Crippen molar-refractivity contribution in [2.75, 3.05) is 13.7 Å². The van der Waals surface area contributed by atoms with E-state index in [0.29, 0.717) is 4.88 Å². The normalized spacial score (nSPS) is 14.0. The van der Waals surface area contributed by atoms with Crippen LogP contribution in [0.15, 0.2) is 17.5 Å². The smallest absolute Gasteiger partial charge is 0.328 e. The van der Waals surface area contributed by atoms with Crippen LogP contribution < -0.4 is 11.1 Å². The van der Waals surface area contributed by atoms with Gasteiger partial charge < -0.3 is 20.9 Å². The highest BCUT2D eigenvalue weighted by Crippen LogP contribution is 2.16. The summed E-state index contributed by atoms with van der Waals surface area (Å²) in [6.45, 7) is -0.0990. The number of rotatable bonds is 6. The number of carboxylic acid groups (broad SMARTS) is 1. The van der Waals surface area contributed by atoms with Crippen LogP contribution in [0.3, 0.4) is 0 Å². The summed E-state index contributed by atoms with van der Waals surface area (Å²) in [5.74, 6) is -1.68. The second kappa shape index (κ2) is 6.33. The minimum absolute atomic E-state index is 0.0990. The molecule has 0 aliphatic rings. The third-order valence-electron chi connectivity index (χ3n) is 2.08. The molecule has 1 aromatic rings. The first-order valence-corrected chi connectivity index (χ1v) is 5.75. The van der Waals surface area contributed by atoms with Crippen molar-refractivity contribution in [1.29, 1.82) is 0 Å². The highest BCUT2D eigenvalue weighted by molar-refractivity contribution is 7.10. The molecule has 0 aromatic carbocycles. The van der Waals surface area contributed by atoms with Gasteiger partial charge in [-0.2, -0.15) is 0 Å². The molecule has 0 bridgehead atoms. The number of carboxylic acids is 1. The van der Waals surface area contributed by atoms with Crippen LogP contribution in [-0.4, -0.2) is 36.7 Å². The van der Waals surface area contributed by atoms with Gasteiger partial charge in [0.15, 0.2) is 6.04 Å². The fourth-order valence-corrected chi connectivity index (χ4v) is 1.93. The lowest BCUT2D eigenvalue weighted by atomic mass is 10.2. The van der Waals surface area contributed by atoms with Crippen molar-refractivity contribution < 1.29 is 19.4 Å². The van der Waals surface area contributed by atoms with Crippen LogP contribution in [0.25, 0.3) is 0 Å². The molecule has 1 rings (SSSR count). The number of nitrogens with two attached hydrogens (primary N) is 1. The Morgan fingerprint density at radius 3 is 2.82 bits per heavy atom. The molecule has 2 atom stereocenters.